The van der Waals surface area contributed by atoms with Gasteiger partial charge in [0.1, 0.15) is 6.10 Å². The summed E-state index contributed by atoms with van der Waals surface area (Å²) in [6, 6.07) is -0.0448. The van der Waals surface area contributed by atoms with Gasteiger partial charge in [0.15, 0.2) is 6.29 Å². The van der Waals surface area contributed by atoms with Crippen LogP contribution in [0.15, 0.2) is 0 Å². The lowest BCUT2D eigenvalue weighted by Crippen LogP contribution is -2.66. The van der Waals surface area contributed by atoms with Gasteiger partial charge in [0.25, 0.3) is 0 Å². The molecule has 2 N–H and O–H groups in total. The van der Waals surface area contributed by atoms with Gasteiger partial charge >= 0.3 is 0 Å². The molecule has 2 bridgehead atoms. The molecule has 0 spiro atoms. The first-order valence-corrected chi connectivity index (χ1v) is 9.83. The molecule has 0 aromatic heterocycles. The number of fused-ring (bicyclic) bond motifs is 2. The third kappa shape index (κ3) is 3.50. The van der Waals surface area contributed by atoms with E-state index in [0.717, 1.165) is 38.6 Å². The van der Waals surface area contributed by atoms with E-state index in [-0.39, 0.29) is 24.5 Å². The number of nitrogens with one attached hydrogen (secondary N) is 1. The van der Waals surface area contributed by atoms with Gasteiger partial charge in [0, 0.05) is 26.2 Å². The number of likely N-dealkylation sites (N-methyl/N-ethyl adjacent to an activating group) is 1. The molecule has 4 fully saturated rings. The smallest absolute Gasteiger partial charge is 0.176 e. The Morgan fingerprint density at radius 1 is 1.08 bits per heavy atom. The Hall–Kier alpha value is -0.240. The molecule has 3 aliphatic heterocycles. The number of piperazine rings is 1. The molecule has 6 nitrogen and oxygen atoms in total. The molecule has 0 amide bonds. The van der Waals surface area contributed by atoms with Crippen LogP contribution in [0.2, 0.25) is 0 Å². The Morgan fingerprint density at radius 2 is 1.83 bits per heavy atom. The van der Waals surface area contributed by atoms with Crippen molar-refractivity contribution in [2.45, 2.75) is 62.7 Å². The molecule has 0 aromatic rings. The van der Waals surface area contributed by atoms with Crippen LogP contribution in [-0.2, 0) is 9.47 Å². The molecule has 138 valence electrons. The lowest BCUT2D eigenvalue weighted by Gasteiger charge is -2.46. The van der Waals surface area contributed by atoms with Crippen molar-refractivity contribution in [3.05, 3.63) is 0 Å². The Bertz CT molecular complexity index is 410. The van der Waals surface area contributed by atoms with Crippen molar-refractivity contribution in [1.29, 1.82) is 0 Å². The van der Waals surface area contributed by atoms with Crippen LogP contribution >= 0.6 is 0 Å². The summed E-state index contributed by atoms with van der Waals surface area (Å²) in [5.41, 5.74) is 0. The summed E-state index contributed by atoms with van der Waals surface area (Å²) < 4.78 is 12.0. The summed E-state index contributed by atoms with van der Waals surface area (Å²) >= 11 is 0. The first-order chi connectivity index (χ1) is 11.7. The lowest BCUT2D eigenvalue weighted by atomic mass is 9.88. The van der Waals surface area contributed by atoms with E-state index in [1.165, 1.54) is 32.1 Å². The topological polar surface area (TPSA) is 57.2 Å². The average molecular weight is 339 g/mol. The van der Waals surface area contributed by atoms with Crippen molar-refractivity contribution >= 4 is 0 Å². The van der Waals surface area contributed by atoms with Crippen LogP contribution in [0, 0.1) is 5.92 Å². The monoisotopic (exact) mass is 339 g/mol. The van der Waals surface area contributed by atoms with E-state index in [2.05, 4.69) is 22.2 Å². The van der Waals surface area contributed by atoms with Gasteiger partial charge in [-0.15, -0.1) is 0 Å². The Morgan fingerprint density at radius 3 is 2.58 bits per heavy atom. The molecule has 24 heavy (non-hydrogen) atoms. The van der Waals surface area contributed by atoms with E-state index in [4.69, 9.17) is 9.47 Å². The van der Waals surface area contributed by atoms with Crippen LogP contribution in [-0.4, -0.2) is 91.9 Å². The predicted octanol–water partition coefficient (Wildman–Crippen LogP) is 0.257. The zero-order valence-corrected chi connectivity index (χ0v) is 14.9. The lowest BCUT2D eigenvalue weighted by molar-refractivity contribution is -0.186. The number of ether oxygens (including phenoxy) is 2. The van der Waals surface area contributed by atoms with Crippen molar-refractivity contribution in [2.24, 2.45) is 5.92 Å². The zero-order chi connectivity index (χ0) is 16.5. The Labute approximate surface area is 145 Å². The van der Waals surface area contributed by atoms with Crippen molar-refractivity contribution in [2.75, 3.05) is 46.4 Å². The maximum absolute atomic E-state index is 11.1. The minimum absolute atomic E-state index is 0.00250. The van der Waals surface area contributed by atoms with Crippen molar-refractivity contribution < 1.29 is 14.6 Å². The second-order valence-corrected chi connectivity index (χ2v) is 8.13. The van der Waals surface area contributed by atoms with E-state index in [9.17, 15) is 5.11 Å². The normalized spacial score (nSPS) is 42.5. The van der Waals surface area contributed by atoms with Crippen LogP contribution < -0.4 is 5.32 Å². The van der Waals surface area contributed by atoms with Crippen LogP contribution in [0.5, 0.6) is 0 Å². The summed E-state index contributed by atoms with van der Waals surface area (Å²) in [6.07, 6.45) is 6.06. The van der Waals surface area contributed by atoms with E-state index >= 15 is 0 Å². The number of nitrogens with zero attached hydrogens (tertiary/aromatic N) is 2. The summed E-state index contributed by atoms with van der Waals surface area (Å²) in [6.45, 7) is 5.64. The molecule has 1 saturated carbocycles. The molecule has 4 aliphatic rings. The van der Waals surface area contributed by atoms with Crippen molar-refractivity contribution in [3.8, 4) is 0 Å². The number of hydrogen-bond donors (Lipinski definition) is 2. The van der Waals surface area contributed by atoms with Crippen LogP contribution in [0.1, 0.15) is 32.1 Å². The maximum Gasteiger partial charge on any atom is 0.176 e. The molecule has 3 saturated heterocycles. The minimum Gasteiger partial charge on any atom is -0.390 e. The first kappa shape index (κ1) is 17.2. The number of hydrogen-bond acceptors (Lipinski definition) is 6. The molecule has 0 radical (unpaired) electrons. The second kappa shape index (κ2) is 7.56. The van der Waals surface area contributed by atoms with Gasteiger partial charge in [-0.05, 0) is 32.4 Å². The van der Waals surface area contributed by atoms with Gasteiger partial charge in [-0.25, -0.2) is 0 Å². The Kier molecular flexibility index (Phi) is 5.41. The van der Waals surface area contributed by atoms with Crippen LogP contribution in [0.4, 0.5) is 0 Å². The Balaban J connectivity index is 1.38. The van der Waals surface area contributed by atoms with E-state index in [1.807, 2.05) is 0 Å². The number of aliphatic hydroxyl groups excluding tert-OH is 1. The summed E-state index contributed by atoms with van der Waals surface area (Å²) in [4.78, 5) is 4.70. The standard InChI is InChI=1S/C18H33N3O3/c1-20-7-9-21(10-8-20)16-17(22)15(14-12-23-18(16)24-14)19-11-13-5-3-2-4-6-13/h13-19,22H,2-12H2,1H3. The summed E-state index contributed by atoms with van der Waals surface area (Å²) in [5, 5.41) is 14.7. The number of aliphatic hydroxyl groups is 1. The van der Waals surface area contributed by atoms with Gasteiger partial charge in [0.2, 0.25) is 0 Å². The highest BCUT2D eigenvalue weighted by molar-refractivity contribution is 5.02. The van der Waals surface area contributed by atoms with Gasteiger partial charge in [-0.1, -0.05) is 19.3 Å². The minimum atomic E-state index is -0.414. The quantitative estimate of drug-likeness (QED) is 0.766. The third-order valence-electron chi connectivity index (χ3n) is 6.46. The summed E-state index contributed by atoms with van der Waals surface area (Å²) in [5.74, 6) is 0.757. The molecule has 1 aliphatic carbocycles. The highest BCUT2D eigenvalue weighted by Crippen LogP contribution is 2.32. The van der Waals surface area contributed by atoms with Gasteiger partial charge in [0.05, 0.1) is 24.8 Å². The highest BCUT2D eigenvalue weighted by atomic mass is 16.7. The first-order valence-electron chi connectivity index (χ1n) is 9.83. The fourth-order valence-electron chi connectivity index (χ4n) is 4.86. The third-order valence-corrected chi connectivity index (χ3v) is 6.46. The average Bonchev–Trinajstić information content (AvgIpc) is 3.02. The zero-order valence-electron chi connectivity index (χ0n) is 14.9. The predicted molar refractivity (Wildman–Crippen MR) is 91.8 cm³/mol. The molecule has 3 heterocycles. The maximum atomic E-state index is 11.1. The van der Waals surface area contributed by atoms with E-state index in [1.54, 1.807) is 0 Å². The fraction of sp³-hybridized carbons (Fsp3) is 1.00. The largest absolute Gasteiger partial charge is 0.390 e. The van der Waals surface area contributed by atoms with Gasteiger partial charge in [-0.3, -0.25) is 4.90 Å². The molecule has 6 heteroatoms. The molecule has 5 atom stereocenters. The SMILES string of the molecule is CN1CCN(C2C3OCC(O3)C(NCC3CCCCC3)C2O)CC1. The highest BCUT2D eigenvalue weighted by Gasteiger charge is 2.52. The van der Waals surface area contributed by atoms with Crippen LogP contribution in [0.3, 0.4) is 0 Å². The molecular formula is C18H33N3O3. The molecule has 0 aromatic carbocycles. The molecule has 4 rings (SSSR count). The van der Waals surface area contributed by atoms with Crippen LogP contribution in [0.25, 0.3) is 0 Å². The van der Waals surface area contributed by atoms with E-state index in [0.29, 0.717) is 6.61 Å². The van der Waals surface area contributed by atoms with Crippen molar-refractivity contribution in [3.63, 3.8) is 0 Å². The van der Waals surface area contributed by atoms with Gasteiger partial charge < -0.3 is 24.8 Å². The molecule has 5 unspecified atom stereocenters. The van der Waals surface area contributed by atoms with E-state index < -0.39 is 6.10 Å². The fourth-order valence-corrected chi connectivity index (χ4v) is 4.86. The second-order valence-electron chi connectivity index (χ2n) is 8.13. The molecular weight excluding hydrogens is 306 g/mol. The number of rotatable bonds is 4. The van der Waals surface area contributed by atoms with Gasteiger partial charge in [-0.2, -0.15) is 0 Å². The summed E-state index contributed by atoms with van der Waals surface area (Å²) in [7, 11) is 2.15. The van der Waals surface area contributed by atoms with Crippen molar-refractivity contribution in [1.82, 2.24) is 15.1 Å².